The highest BCUT2D eigenvalue weighted by Gasteiger charge is 2.20. The number of nitrogens with one attached hydrogen (secondary N) is 1. The summed E-state index contributed by atoms with van der Waals surface area (Å²) in [6, 6.07) is 11.2. The van der Waals surface area contributed by atoms with Gasteiger partial charge in [0, 0.05) is 0 Å². The molecule has 0 unspecified atom stereocenters. The zero-order valence-electron chi connectivity index (χ0n) is 11.1. The second-order valence-corrected chi connectivity index (χ2v) is 6.52. The Hall–Kier alpha value is -1.43. The van der Waals surface area contributed by atoms with Gasteiger partial charge in [-0.1, -0.05) is 41.4 Å². The highest BCUT2D eigenvalue weighted by Crippen LogP contribution is 2.32. The maximum absolute atomic E-state index is 12.4. The molecule has 0 atom stereocenters. The summed E-state index contributed by atoms with van der Waals surface area (Å²) in [6.07, 6.45) is 0. The Morgan fingerprint density at radius 1 is 1.10 bits per heavy atom. The molecule has 0 aliphatic heterocycles. The first kappa shape index (κ1) is 15.9. The predicted molar refractivity (Wildman–Crippen MR) is 84.9 cm³/mol. The highest BCUT2D eigenvalue weighted by atomic mass is 35.5. The first-order valence-corrected chi connectivity index (χ1v) is 8.38. The van der Waals surface area contributed by atoms with Crippen molar-refractivity contribution in [1.29, 1.82) is 0 Å². The molecule has 0 bridgehead atoms. The van der Waals surface area contributed by atoms with Crippen LogP contribution in [0.25, 0.3) is 0 Å². The lowest BCUT2D eigenvalue weighted by atomic mass is 10.3. The van der Waals surface area contributed by atoms with Crippen LogP contribution in [0.3, 0.4) is 0 Å². The van der Waals surface area contributed by atoms with Crippen LogP contribution in [0, 0.1) is 0 Å². The molecule has 0 saturated carbocycles. The number of hydrogen-bond donors (Lipinski definition) is 1. The first-order chi connectivity index (χ1) is 9.95. The van der Waals surface area contributed by atoms with E-state index in [-0.39, 0.29) is 14.9 Å². The second-order valence-electron chi connectivity index (χ2n) is 4.09. The number of halogens is 2. The van der Waals surface area contributed by atoms with Crippen LogP contribution in [0.5, 0.6) is 5.75 Å². The van der Waals surface area contributed by atoms with Crippen molar-refractivity contribution < 1.29 is 13.2 Å². The third-order valence-corrected chi connectivity index (χ3v) is 4.98. The zero-order valence-corrected chi connectivity index (χ0v) is 13.5. The molecule has 0 aliphatic rings. The van der Waals surface area contributed by atoms with Crippen LogP contribution in [-0.2, 0) is 10.0 Å². The minimum absolute atomic E-state index is 0.0134. The summed E-state index contributed by atoms with van der Waals surface area (Å²) in [7, 11) is -3.85. The van der Waals surface area contributed by atoms with Crippen molar-refractivity contribution >= 4 is 38.9 Å². The lowest BCUT2D eigenvalue weighted by molar-refractivity contribution is 0.342. The van der Waals surface area contributed by atoms with Crippen LogP contribution in [0.2, 0.25) is 10.0 Å². The topological polar surface area (TPSA) is 55.4 Å². The molecular formula is C14H13Cl2NO3S. The highest BCUT2D eigenvalue weighted by molar-refractivity contribution is 7.92. The molecule has 0 amide bonds. The molecular weight excluding hydrogens is 333 g/mol. The monoisotopic (exact) mass is 345 g/mol. The molecule has 4 nitrogen and oxygen atoms in total. The van der Waals surface area contributed by atoms with Crippen molar-refractivity contribution in [2.75, 3.05) is 11.3 Å². The van der Waals surface area contributed by atoms with E-state index >= 15 is 0 Å². The number of ether oxygens (including phenoxy) is 1. The second kappa shape index (κ2) is 6.56. The molecule has 2 aromatic carbocycles. The summed E-state index contributed by atoms with van der Waals surface area (Å²) in [4.78, 5) is -0.0806. The van der Waals surface area contributed by atoms with Gasteiger partial charge in [-0.25, -0.2) is 8.42 Å². The molecule has 2 rings (SSSR count). The summed E-state index contributed by atoms with van der Waals surface area (Å²) < 4.78 is 32.7. The number of sulfonamides is 1. The van der Waals surface area contributed by atoms with Crippen molar-refractivity contribution in [3.63, 3.8) is 0 Å². The van der Waals surface area contributed by atoms with Gasteiger partial charge >= 0.3 is 0 Å². The van der Waals surface area contributed by atoms with Crippen molar-refractivity contribution in [2.24, 2.45) is 0 Å². The van der Waals surface area contributed by atoms with Crippen molar-refractivity contribution in [3.8, 4) is 5.75 Å². The lowest BCUT2D eigenvalue weighted by Gasteiger charge is -2.13. The summed E-state index contributed by atoms with van der Waals surface area (Å²) >= 11 is 11.8. The minimum Gasteiger partial charge on any atom is -0.492 e. The van der Waals surface area contributed by atoms with Crippen molar-refractivity contribution in [3.05, 3.63) is 52.5 Å². The molecule has 0 heterocycles. The molecule has 0 aliphatic carbocycles. The van der Waals surface area contributed by atoms with Crippen molar-refractivity contribution in [1.82, 2.24) is 0 Å². The Morgan fingerprint density at radius 3 is 2.52 bits per heavy atom. The smallest absolute Gasteiger partial charge is 0.263 e. The van der Waals surface area contributed by atoms with Crippen LogP contribution in [0.4, 0.5) is 5.69 Å². The molecule has 0 aromatic heterocycles. The zero-order chi connectivity index (χ0) is 15.5. The molecule has 0 radical (unpaired) electrons. The lowest BCUT2D eigenvalue weighted by Crippen LogP contribution is -2.14. The van der Waals surface area contributed by atoms with Gasteiger partial charge in [-0.3, -0.25) is 4.72 Å². The third-order valence-electron chi connectivity index (χ3n) is 2.64. The normalized spacial score (nSPS) is 11.2. The molecule has 0 saturated heterocycles. The molecule has 112 valence electrons. The van der Waals surface area contributed by atoms with Gasteiger partial charge in [0.15, 0.2) is 0 Å². The quantitative estimate of drug-likeness (QED) is 0.883. The molecule has 2 aromatic rings. The Labute approximate surface area is 133 Å². The average molecular weight is 346 g/mol. The van der Waals surface area contributed by atoms with Gasteiger partial charge in [-0.05, 0) is 31.2 Å². The SMILES string of the molecule is CCOc1ccccc1NS(=O)(=O)c1cccc(Cl)c1Cl. The maximum atomic E-state index is 12.4. The minimum atomic E-state index is -3.85. The van der Waals surface area contributed by atoms with Crippen molar-refractivity contribution in [2.45, 2.75) is 11.8 Å². The fourth-order valence-corrected chi connectivity index (χ4v) is 3.56. The standard InChI is InChI=1S/C14H13Cl2NO3S/c1-2-20-12-8-4-3-7-11(12)17-21(18,19)13-9-5-6-10(15)14(13)16/h3-9,17H,2H2,1H3. The molecule has 1 N–H and O–H groups in total. The van der Waals surface area contributed by atoms with E-state index in [9.17, 15) is 8.42 Å². The summed E-state index contributed by atoms with van der Waals surface area (Å²) in [5.74, 6) is 0.446. The summed E-state index contributed by atoms with van der Waals surface area (Å²) in [5, 5.41) is 0.165. The van der Waals surface area contributed by atoms with Gasteiger partial charge in [-0.2, -0.15) is 0 Å². The third kappa shape index (κ3) is 3.61. The van der Waals surface area contributed by atoms with E-state index < -0.39 is 10.0 Å². The first-order valence-electron chi connectivity index (χ1n) is 6.14. The van der Waals surface area contributed by atoms with Gasteiger partial charge in [-0.15, -0.1) is 0 Å². The van der Waals surface area contributed by atoms with Crippen LogP contribution < -0.4 is 9.46 Å². The number of rotatable bonds is 5. The number of para-hydroxylation sites is 2. The van der Waals surface area contributed by atoms with E-state index in [0.717, 1.165) is 0 Å². The van der Waals surface area contributed by atoms with E-state index in [1.54, 1.807) is 24.3 Å². The number of hydrogen-bond acceptors (Lipinski definition) is 3. The molecule has 0 spiro atoms. The van der Waals surface area contributed by atoms with E-state index in [1.165, 1.54) is 18.2 Å². The van der Waals surface area contributed by atoms with Crippen LogP contribution in [-0.4, -0.2) is 15.0 Å². The Bertz CT molecular complexity index is 748. The Balaban J connectivity index is 2.40. The van der Waals surface area contributed by atoms with E-state index in [0.29, 0.717) is 18.0 Å². The largest absolute Gasteiger partial charge is 0.492 e. The molecule has 21 heavy (non-hydrogen) atoms. The van der Waals surface area contributed by atoms with E-state index in [2.05, 4.69) is 4.72 Å². The Kier molecular flexibility index (Phi) is 4.98. The fraction of sp³-hybridized carbons (Fsp3) is 0.143. The maximum Gasteiger partial charge on any atom is 0.263 e. The van der Waals surface area contributed by atoms with E-state index in [4.69, 9.17) is 27.9 Å². The number of anilines is 1. The van der Waals surface area contributed by atoms with Gasteiger partial charge < -0.3 is 4.74 Å². The summed E-state index contributed by atoms with van der Waals surface area (Å²) in [6.45, 7) is 2.25. The average Bonchev–Trinajstić information content (AvgIpc) is 2.44. The van der Waals surface area contributed by atoms with Gasteiger partial charge in [0.2, 0.25) is 0 Å². The van der Waals surface area contributed by atoms with Crippen LogP contribution >= 0.6 is 23.2 Å². The summed E-state index contributed by atoms with van der Waals surface area (Å²) in [5.41, 5.74) is 0.343. The molecule has 0 fully saturated rings. The Morgan fingerprint density at radius 2 is 1.81 bits per heavy atom. The van der Waals surface area contributed by atoms with E-state index in [1.807, 2.05) is 6.92 Å². The molecule has 7 heteroatoms. The van der Waals surface area contributed by atoms with Crippen LogP contribution in [0.15, 0.2) is 47.4 Å². The van der Waals surface area contributed by atoms with Gasteiger partial charge in [0.25, 0.3) is 10.0 Å². The van der Waals surface area contributed by atoms with Gasteiger partial charge in [0.05, 0.1) is 22.3 Å². The predicted octanol–water partition coefficient (Wildman–Crippen LogP) is 4.19. The van der Waals surface area contributed by atoms with Crippen LogP contribution in [0.1, 0.15) is 6.92 Å². The fourth-order valence-electron chi connectivity index (χ4n) is 1.72. The number of benzene rings is 2. The van der Waals surface area contributed by atoms with Gasteiger partial charge in [0.1, 0.15) is 10.6 Å².